The van der Waals surface area contributed by atoms with Gasteiger partial charge >= 0.3 is 0 Å². The maximum absolute atomic E-state index is 14.8. The zero-order valence-electron chi connectivity index (χ0n) is 30.4. The van der Waals surface area contributed by atoms with Crippen molar-refractivity contribution in [1.29, 1.82) is 0 Å². The minimum absolute atomic E-state index is 0.155. The minimum atomic E-state index is -0.441. The molecular weight excluding hydrogens is 752 g/mol. The van der Waals surface area contributed by atoms with E-state index in [2.05, 4.69) is 65.1 Å². The number of carbonyl (C=O) groups is 1. The molecule has 13 heteroatoms. The van der Waals surface area contributed by atoms with E-state index in [-0.39, 0.29) is 18.0 Å². The van der Waals surface area contributed by atoms with Crippen molar-refractivity contribution >= 4 is 39.1 Å². The number of amides is 1. The smallest absolute Gasteiger partial charge is 0.254 e. The van der Waals surface area contributed by atoms with Crippen LogP contribution in [0.1, 0.15) is 71.6 Å². The summed E-state index contributed by atoms with van der Waals surface area (Å²) in [7, 11) is 2.20. The van der Waals surface area contributed by atoms with Crippen molar-refractivity contribution in [3.05, 3.63) is 105 Å². The molecule has 7 heterocycles. The Kier molecular flexibility index (Phi) is 9.56. The van der Waals surface area contributed by atoms with Crippen molar-refractivity contribution < 1.29 is 13.6 Å². The molecular formula is C41H44BrF2N9O. The van der Waals surface area contributed by atoms with E-state index in [0.29, 0.717) is 36.2 Å². The van der Waals surface area contributed by atoms with Crippen molar-refractivity contribution in [3.63, 3.8) is 0 Å². The van der Waals surface area contributed by atoms with E-state index in [4.69, 9.17) is 9.97 Å². The lowest BCUT2D eigenvalue weighted by Crippen LogP contribution is -2.46. The number of anilines is 2. The predicted octanol–water partition coefficient (Wildman–Crippen LogP) is 6.98. The zero-order chi connectivity index (χ0) is 36.9. The number of pyridine rings is 1. The summed E-state index contributed by atoms with van der Waals surface area (Å²) in [5.41, 5.74) is 5.83. The quantitative estimate of drug-likeness (QED) is 0.180. The van der Waals surface area contributed by atoms with Crippen LogP contribution in [0.4, 0.5) is 20.4 Å². The number of halogens is 3. The van der Waals surface area contributed by atoms with Crippen molar-refractivity contribution in [2.24, 2.45) is 0 Å². The van der Waals surface area contributed by atoms with Crippen molar-refractivity contribution in [2.45, 2.75) is 69.7 Å². The molecule has 1 unspecified atom stereocenters. The van der Waals surface area contributed by atoms with Crippen LogP contribution in [0.2, 0.25) is 0 Å². The molecule has 4 aliphatic rings. The second-order valence-corrected chi connectivity index (χ2v) is 16.0. The Bertz CT molecular complexity index is 2200. The van der Waals surface area contributed by atoms with Crippen molar-refractivity contribution in [3.8, 4) is 11.3 Å². The molecule has 4 aliphatic heterocycles. The Morgan fingerprint density at radius 2 is 1.80 bits per heavy atom. The highest BCUT2D eigenvalue weighted by Crippen LogP contribution is 2.38. The summed E-state index contributed by atoms with van der Waals surface area (Å²) in [5, 5.41) is 8.02. The first kappa shape index (κ1) is 35.3. The molecule has 54 heavy (non-hydrogen) atoms. The summed E-state index contributed by atoms with van der Waals surface area (Å²) in [6, 6.07) is 16.3. The van der Waals surface area contributed by atoms with E-state index in [0.717, 1.165) is 110 Å². The van der Waals surface area contributed by atoms with E-state index >= 15 is 0 Å². The third kappa shape index (κ3) is 6.64. The first-order chi connectivity index (χ1) is 26.3. The van der Waals surface area contributed by atoms with Crippen LogP contribution in [0.5, 0.6) is 0 Å². The normalized spacial score (nSPS) is 20.8. The summed E-state index contributed by atoms with van der Waals surface area (Å²) < 4.78 is 31.7. The molecule has 0 aliphatic carbocycles. The van der Waals surface area contributed by atoms with Crippen LogP contribution < -0.4 is 15.1 Å². The lowest BCUT2D eigenvalue weighted by molar-refractivity contribution is 0.0674. The lowest BCUT2D eigenvalue weighted by Gasteiger charge is -2.37. The molecule has 3 aromatic heterocycles. The summed E-state index contributed by atoms with van der Waals surface area (Å²) in [6.45, 7) is 5.89. The van der Waals surface area contributed by atoms with Gasteiger partial charge in [0.25, 0.3) is 5.91 Å². The van der Waals surface area contributed by atoms with Gasteiger partial charge in [-0.1, -0.05) is 28.1 Å². The number of hydrogen-bond donors (Lipinski definition) is 1. The number of fused-ring (bicyclic) bond motifs is 2. The summed E-state index contributed by atoms with van der Waals surface area (Å²) in [5.74, 6) is 0.944. The van der Waals surface area contributed by atoms with Gasteiger partial charge in [0.05, 0.1) is 23.5 Å². The Hall–Kier alpha value is -4.46. The highest BCUT2D eigenvalue weighted by Gasteiger charge is 2.35. The predicted molar refractivity (Wildman–Crippen MR) is 209 cm³/mol. The molecule has 3 fully saturated rings. The standard InChI is InChI=1S/C41H44BrF2N9O/c1-49(24-27-19-26-25-52(30-5-3-14-45-22-30)41(54)31(26)21-34(27)42)29-11-16-50(17-12-29)38-8-2-6-36(47-38)33-23-46-53-18-13-39(48-40(33)53)51-15-4-7-37(51)32-20-28(43)9-10-35(32)44/h2,6,8-10,13,18-21,23,29-30,37,45H,3-5,7,11-12,14-17,22,24-25H2,1H3/t30?,37-/m1/s1. The molecule has 9 rings (SSSR count). The highest BCUT2D eigenvalue weighted by molar-refractivity contribution is 9.10. The van der Waals surface area contributed by atoms with Gasteiger partial charge in [-0.25, -0.2) is 23.3 Å². The molecule has 0 bridgehead atoms. The van der Waals surface area contributed by atoms with Crippen LogP contribution in [0, 0.1) is 11.6 Å². The maximum Gasteiger partial charge on any atom is 0.254 e. The van der Waals surface area contributed by atoms with Crippen molar-refractivity contribution in [2.75, 3.05) is 49.6 Å². The third-order valence-corrected chi connectivity index (χ3v) is 12.6. The maximum atomic E-state index is 14.8. The van der Waals surface area contributed by atoms with Crippen LogP contribution >= 0.6 is 15.9 Å². The molecule has 0 radical (unpaired) electrons. The molecule has 5 aromatic rings. The number of nitrogens with zero attached hydrogens (tertiary/aromatic N) is 8. The van der Waals surface area contributed by atoms with Gasteiger partial charge in [-0.2, -0.15) is 5.10 Å². The van der Waals surface area contributed by atoms with E-state index < -0.39 is 11.6 Å². The largest absolute Gasteiger partial charge is 0.356 e. The van der Waals surface area contributed by atoms with E-state index in [1.54, 1.807) is 10.7 Å². The highest BCUT2D eigenvalue weighted by atomic mass is 79.9. The average Bonchev–Trinajstić information content (AvgIpc) is 3.94. The second-order valence-electron chi connectivity index (χ2n) is 15.2. The van der Waals surface area contributed by atoms with Crippen LogP contribution in [0.25, 0.3) is 16.9 Å². The Balaban J connectivity index is 0.867. The fraction of sp³-hybridized carbons (Fsp3) is 0.415. The van der Waals surface area contributed by atoms with Gasteiger partial charge in [-0.15, -0.1) is 0 Å². The first-order valence-electron chi connectivity index (χ1n) is 19.1. The summed E-state index contributed by atoms with van der Waals surface area (Å²) in [6.07, 6.45) is 9.44. The van der Waals surface area contributed by atoms with E-state index in [9.17, 15) is 13.6 Å². The number of rotatable bonds is 8. The third-order valence-electron chi connectivity index (χ3n) is 11.9. The first-order valence-corrected chi connectivity index (χ1v) is 19.9. The van der Waals surface area contributed by atoms with Crippen LogP contribution in [-0.2, 0) is 13.1 Å². The second kappa shape index (κ2) is 14.6. The van der Waals surface area contributed by atoms with Crippen molar-refractivity contribution in [1.82, 2.24) is 34.7 Å². The van der Waals surface area contributed by atoms with E-state index in [1.165, 1.54) is 17.7 Å². The fourth-order valence-corrected chi connectivity index (χ4v) is 9.41. The monoisotopic (exact) mass is 795 g/mol. The van der Waals surface area contributed by atoms with Gasteiger partial charge in [0.15, 0.2) is 5.65 Å². The van der Waals surface area contributed by atoms with Crippen LogP contribution in [-0.4, -0.2) is 87.1 Å². The van der Waals surface area contributed by atoms with Gasteiger partial charge in [0.1, 0.15) is 23.3 Å². The van der Waals surface area contributed by atoms with Gasteiger partial charge in [-0.3, -0.25) is 9.69 Å². The Morgan fingerprint density at radius 1 is 0.926 bits per heavy atom. The summed E-state index contributed by atoms with van der Waals surface area (Å²) >= 11 is 3.80. The zero-order valence-corrected chi connectivity index (χ0v) is 32.0. The molecule has 2 aromatic carbocycles. The van der Waals surface area contributed by atoms with E-state index in [1.807, 2.05) is 30.5 Å². The molecule has 0 spiro atoms. The Labute approximate surface area is 322 Å². The van der Waals surface area contributed by atoms with Gasteiger partial charge in [0.2, 0.25) is 0 Å². The molecule has 0 saturated carbocycles. The SMILES string of the molecule is CN(Cc1cc2c(cc1Br)C(=O)N(C1CCCNC1)C2)C1CCN(c2cccc(-c3cnn4ccc(N5CCC[C@@H]5c5cc(F)ccc5F)nc34)n2)CC1. The minimum Gasteiger partial charge on any atom is -0.356 e. The van der Waals surface area contributed by atoms with Gasteiger partial charge in [-0.05, 0) is 106 Å². The number of benzene rings is 2. The molecule has 3 saturated heterocycles. The molecule has 1 amide bonds. The summed E-state index contributed by atoms with van der Waals surface area (Å²) in [4.78, 5) is 32.3. The fourth-order valence-electron chi connectivity index (χ4n) is 8.94. The van der Waals surface area contributed by atoms with Gasteiger partial charge in [0, 0.05) is 73.1 Å². The molecule has 1 N–H and O–H groups in total. The Morgan fingerprint density at radius 3 is 2.63 bits per heavy atom. The van der Waals surface area contributed by atoms with Crippen LogP contribution in [0.15, 0.2) is 71.5 Å². The number of hydrogen-bond acceptors (Lipinski definition) is 8. The number of carbonyl (C=O) groups excluding carboxylic acids is 1. The average molecular weight is 797 g/mol. The van der Waals surface area contributed by atoms with Gasteiger partial charge < -0.3 is 20.0 Å². The molecule has 280 valence electrons. The molecule has 10 nitrogen and oxygen atoms in total. The number of nitrogens with one attached hydrogen (secondary N) is 1. The lowest BCUT2D eigenvalue weighted by atomic mass is 10.0. The molecule has 2 atom stereocenters. The topological polar surface area (TPSA) is 85.1 Å². The number of piperidine rings is 2. The number of aromatic nitrogens is 4. The van der Waals surface area contributed by atoms with Crippen LogP contribution in [0.3, 0.4) is 0 Å².